The van der Waals surface area contributed by atoms with Gasteiger partial charge in [-0.25, -0.2) is 9.78 Å². The minimum atomic E-state index is -1.24. The van der Waals surface area contributed by atoms with E-state index in [2.05, 4.69) is 4.98 Å². The number of aromatic nitrogens is 1. The highest BCUT2D eigenvalue weighted by atomic mass is 35.5. The topological polar surface area (TPSA) is 59.4 Å². The van der Waals surface area contributed by atoms with Crippen molar-refractivity contribution in [3.05, 3.63) is 51.1 Å². The van der Waals surface area contributed by atoms with Crippen LogP contribution in [0.5, 0.6) is 11.6 Å². The van der Waals surface area contributed by atoms with Gasteiger partial charge in [0.15, 0.2) is 5.69 Å². The molecule has 19 heavy (non-hydrogen) atoms. The first-order chi connectivity index (χ1) is 8.95. The lowest BCUT2D eigenvalue weighted by atomic mass is 10.3. The van der Waals surface area contributed by atoms with E-state index in [4.69, 9.17) is 44.6 Å². The molecule has 0 spiro atoms. The first-order valence-corrected chi connectivity index (χ1v) is 6.13. The van der Waals surface area contributed by atoms with E-state index in [1.165, 1.54) is 24.3 Å². The molecular formula is C12H6Cl3NO3. The molecule has 1 heterocycles. The second-order valence-corrected chi connectivity index (χ2v) is 4.77. The monoisotopic (exact) mass is 317 g/mol. The molecule has 1 N–H and O–H groups in total. The normalized spacial score (nSPS) is 10.3. The Balaban J connectivity index is 2.33. The van der Waals surface area contributed by atoms with E-state index in [9.17, 15) is 4.79 Å². The van der Waals surface area contributed by atoms with Crippen LogP contribution in [0.1, 0.15) is 10.5 Å². The number of nitrogens with zero attached hydrogens (tertiary/aromatic N) is 1. The number of ether oxygens (including phenoxy) is 1. The van der Waals surface area contributed by atoms with E-state index in [0.717, 1.165) is 0 Å². The van der Waals surface area contributed by atoms with Crippen LogP contribution in [0.4, 0.5) is 0 Å². The van der Waals surface area contributed by atoms with Crippen molar-refractivity contribution < 1.29 is 14.6 Å². The third-order valence-corrected chi connectivity index (χ3v) is 2.82. The molecule has 0 atom stereocenters. The number of benzene rings is 1. The van der Waals surface area contributed by atoms with Gasteiger partial charge < -0.3 is 9.84 Å². The molecule has 1 aromatic heterocycles. The van der Waals surface area contributed by atoms with E-state index in [-0.39, 0.29) is 16.6 Å². The lowest BCUT2D eigenvalue weighted by molar-refractivity contribution is 0.0690. The number of halogens is 3. The van der Waals surface area contributed by atoms with Gasteiger partial charge in [0.1, 0.15) is 5.75 Å². The molecule has 2 aromatic rings. The Morgan fingerprint density at radius 2 is 1.74 bits per heavy atom. The molecule has 7 heteroatoms. The molecule has 0 radical (unpaired) electrons. The van der Waals surface area contributed by atoms with Gasteiger partial charge in [0.25, 0.3) is 0 Å². The molecular weight excluding hydrogens is 312 g/mol. The molecule has 2 rings (SSSR count). The summed E-state index contributed by atoms with van der Waals surface area (Å²) < 4.78 is 5.38. The summed E-state index contributed by atoms with van der Waals surface area (Å²) in [5, 5.41) is 9.73. The van der Waals surface area contributed by atoms with Crippen molar-refractivity contribution in [1.82, 2.24) is 4.98 Å². The number of rotatable bonds is 3. The van der Waals surface area contributed by atoms with Crippen LogP contribution in [-0.4, -0.2) is 16.1 Å². The van der Waals surface area contributed by atoms with E-state index in [1.54, 1.807) is 6.07 Å². The molecule has 98 valence electrons. The van der Waals surface area contributed by atoms with Gasteiger partial charge >= 0.3 is 5.97 Å². The predicted molar refractivity (Wildman–Crippen MR) is 72.7 cm³/mol. The molecule has 0 bridgehead atoms. The van der Waals surface area contributed by atoms with Crippen molar-refractivity contribution in [3.8, 4) is 11.6 Å². The maximum absolute atomic E-state index is 10.9. The zero-order valence-electron chi connectivity index (χ0n) is 9.23. The summed E-state index contributed by atoms with van der Waals surface area (Å²) in [6.07, 6.45) is 0. The molecule has 4 nitrogen and oxygen atoms in total. The third kappa shape index (κ3) is 3.50. The van der Waals surface area contributed by atoms with Crippen molar-refractivity contribution in [3.63, 3.8) is 0 Å². The SMILES string of the molecule is O=C(O)c1nc(Oc2cc(Cl)cc(Cl)c2)ccc1Cl. The molecule has 0 aliphatic carbocycles. The summed E-state index contributed by atoms with van der Waals surface area (Å²) in [7, 11) is 0. The fourth-order valence-corrected chi connectivity index (χ4v) is 2.03. The second-order valence-electron chi connectivity index (χ2n) is 3.49. The number of carbonyl (C=O) groups is 1. The van der Waals surface area contributed by atoms with Crippen LogP contribution in [0, 0.1) is 0 Å². The molecule has 1 aromatic carbocycles. The molecule has 0 unspecified atom stereocenters. The quantitative estimate of drug-likeness (QED) is 0.903. The lowest BCUT2D eigenvalue weighted by Gasteiger charge is -2.07. The highest BCUT2D eigenvalue weighted by Gasteiger charge is 2.12. The van der Waals surface area contributed by atoms with Gasteiger partial charge in [0, 0.05) is 16.1 Å². The molecule has 0 amide bonds. The average Bonchev–Trinajstić information content (AvgIpc) is 2.30. The van der Waals surface area contributed by atoms with E-state index in [0.29, 0.717) is 15.8 Å². The van der Waals surface area contributed by atoms with E-state index in [1.807, 2.05) is 0 Å². The van der Waals surface area contributed by atoms with Gasteiger partial charge in [0.2, 0.25) is 5.88 Å². The first-order valence-electron chi connectivity index (χ1n) is 4.99. The summed E-state index contributed by atoms with van der Waals surface area (Å²) in [5.41, 5.74) is -0.285. The van der Waals surface area contributed by atoms with Crippen molar-refractivity contribution >= 4 is 40.8 Å². The largest absolute Gasteiger partial charge is 0.476 e. The Labute approximate surface area is 123 Å². The number of carboxylic acids is 1. The number of hydrogen-bond donors (Lipinski definition) is 1. The van der Waals surface area contributed by atoms with Crippen LogP contribution in [0.15, 0.2) is 30.3 Å². The Bertz CT molecular complexity index is 626. The molecule has 0 aliphatic heterocycles. The third-order valence-electron chi connectivity index (χ3n) is 2.08. The van der Waals surface area contributed by atoms with Crippen molar-refractivity contribution in [2.24, 2.45) is 0 Å². The first kappa shape index (κ1) is 13.9. The van der Waals surface area contributed by atoms with Crippen LogP contribution in [0.25, 0.3) is 0 Å². The zero-order chi connectivity index (χ0) is 14.0. The summed E-state index contributed by atoms with van der Waals surface area (Å²) in [4.78, 5) is 14.7. The van der Waals surface area contributed by atoms with Crippen LogP contribution in [0.3, 0.4) is 0 Å². The summed E-state index contributed by atoms with van der Waals surface area (Å²) >= 11 is 17.3. The maximum atomic E-state index is 10.9. The van der Waals surface area contributed by atoms with Gasteiger partial charge in [-0.3, -0.25) is 0 Å². The number of hydrogen-bond acceptors (Lipinski definition) is 3. The minimum absolute atomic E-state index is 0.0315. The van der Waals surface area contributed by atoms with Crippen molar-refractivity contribution in [2.45, 2.75) is 0 Å². The van der Waals surface area contributed by atoms with Gasteiger partial charge in [-0.2, -0.15) is 0 Å². The van der Waals surface area contributed by atoms with Gasteiger partial charge in [0.05, 0.1) is 5.02 Å². The molecule has 0 saturated heterocycles. The van der Waals surface area contributed by atoms with Crippen molar-refractivity contribution in [1.29, 1.82) is 0 Å². The number of pyridine rings is 1. The Morgan fingerprint density at radius 1 is 1.11 bits per heavy atom. The second kappa shape index (κ2) is 5.65. The van der Waals surface area contributed by atoms with Crippen LogP contribution in [-0.2, 0) is 0 Å². The highest BCUT2D eigenvalue weighted by molar-refractivity contribution is 6.34. The van der Waals surface area contributed by atoms with Gasteiger partial charge in [-0.15, -0.1) is 0 Å². The number of carboxylic acid groups (broad SMARTS) is 1. The Morgan fingerprint density at radius 3 is 2.32 bits per heavy atom. The van der Waals surface area contributed by atoms with Gasteiger partial charge in [-0.1, -0.05) is 34.8 Å². The fourth-order valence-electron chi connectivity index (χ4n) is 1.34. The summed E-state index contributed by atoms with van der Waals surface area (Å²) in [6.45, 7) is 0. The Hall–Kier alpha value is -1.49. The standard InChI is InChI=1S/C12H6Cl3NO3/c13-6-3-7(14)5-8(4-6)19-10-2-1-9(15)11(16-10)12(17)18/h1-5H,(H,17,18). The van der Waals surface area contributed by atoms with Gasteiger partial charge in [-0.05, 0) is 24.3 Å². The minimum Gasteiger partial charge on any atom is -0.476 e. The Kier molecular flexibility index (Phi) is 4.14. The molecule has 0 saturated carbocycles. The zero-order valence-corrected chi connectivity index (χ0v) is 11.5. The lowest BCUT2D eigenvalue weighted by Crippen LogP contribution is -2.02. The molecule has 0 fully saturated rings. The maximum Gasteiger partial charge on any atom is 0.356 e. The van der Waals surface area contributed by atoms with Crippen LogP contribution in [0.2, 0.25) is 15.1 Å². The fraction of sp³-hybridized carbons (Fsp3) is 0. The van der Waals surface area contributed by atoms with Crippen molar-refractivity contribution in [2.75, 3.05) is 0 Å². The predicted octanol–water partition coefficient (Wildman–Crippen LogP) is 4.53. The molecule has 0 aliphatic rings. The average molecular weight is 319 g/mol. The highest BCUT2D eigenvalue weighted by Crippen LogP contribution is 2.28. The number of aromatic carboxylic acids is 1. The smallest absolute Gasteiger partial charge is 0.356 e. The van der Waals surface area contributed by atoms with E-state index < -0.39 is 5.97 Å². The summed E-state index contributed by atoms with van der Waals surface area (Å²) in [6, 6.07) is 7.45. The van der Waals surface area contributed by atoms with E-state index >= 15 is 0 Å². The van der Waals surface area contributed by atoms with Crippen LogP contribution < -0.4 is 4.74 Å². The van der Waals surface area contributed by atoms with Crippen LogP contribution >= 0.6 is 34.8 Å². The summed E-state index contributed by atoms with van der Waals surface area (Å²) in [5.74, 6) is -0.802.